The highest BCUT2D eigenvalue weighted by Gasteiger charge is 2.20. The summed E-state index contributed by atoms with van der Waals surface area (Å²) in [5, 5.41) is 25.9. The summed E-state index contributed by atoms with van der Waals surface area (Å²) in [5.41, 5.74) is 2.49. The van der Waals surface area contributed by atoms with E-state index in [1.54, 1.807) is 17.4 Å². The van der Waals surface area contributed by atoms with Crippen molar-refractivity contribution in [1.82, 2.24) is 15.1 Å². The fourth-order valence-electron chi connectivity index (χ4n) is 3.49. The molecule has 1 aromatic carbocycles. The van der Waals surface area contributed by atoms with Crippen molar-refractivity contribution in [3.63, 3.8) is 0 Å². The topological polar surface area (TPSA) is 61.3 Å². The second-order valence-electron chi connectivity index (χ2n) is 6.83. The number of benzene rings is 1. The van der Waals surface area contributed by atoms with Crippen LogP contribution in [0.25, 0.3) is 21.3 Å². The zero-order chi connectivity index (χ0) is 17.4. The molecule has 0 aliphatic carbocycles. The number of aromatic nitrogens is 2. The van der Waals surface area contributed by atoms with Gasteiger partial charge in [-0.3, -0.25) is 0 Å². The lowest BCUT2D eigenvalue weighted by molar-refractivity contribution is 0.261. The van der Waals surface area contributed by atoms with Crippen molar-refractivity contribution in [2.75, 3.05) is 25.5 Å². The van der Waals surface area contributed by atoms with Gasteiger partial charge < -0.3 is 15.3 Å². The third-order valence-electron chi connectivity index (χ3n) is 4.76. The number of anilines is 1. The maximum absolute atomic E-state index is 10.3. The van der Waals surface area contributed by atoms with E-state index >= 15 is 0 Å². The Morgan fingerprint density at radius 2 is 2.16 bits per heavy atom. The standard InChI is InChI=1S/C19H22N4OS/c1-12-5-6-14(16(24)10-12)17-15-7-9-25-18(15)19(22-21-17)20-13-4-3-8-23(2)11-13/h5-7,9-10,13,24H,3-4,8,11H2,1-2H3,(H,20,22)/t13-/m1/s1. The number of thiophene rings is 1. The van der Waals surface area contributed by atoms with Crippen LogP contribution in [0.15, 0.2) is 29.6 Å². The maximum Gasteiger partial charge on any atom is 0.166 e. The van der Waals surface area contributed by atoms with E-state index in [1.165, 1.54) is 6.42 Å². The van der Waals surface area contributed by atoms with Gasteiger partial charge in [-0.15, -0.1) is 21.5 Å². The molecule has 5 nitrogen and oxygen atoms in total. The summed E-state index contributed by atoms with van der Waals surface area (Å²) in [5.74, 6) is 1.09. The molecule has 0 bridgehead atoms. The molecule has 1 saturated heterocycles. The molecule has 3 heterocycles. The van der Waals surface area contributed by atoms with Crippen molar-refractivity contribution in [1.29, 1.82) is 0 Å². The van der Waals surface area contributed by atoms with Gasteiger partial charge in [0.25, 0.3) is 0 Å². The molecule has 0 saturated carbocycles. The predicted octanol–water partition coefficient (Wildman–Crippen LogP) is 3.88. The largest absolute Gasteiger partial charge is 0.507 e. The Labute approximate surface area is 151 Å². The van der Waals surface area contributed by atoms with Gasteiger partial charge in [-0.2, -0.15) is 0 Å². The fourth-order valence-corrected chi connectivity index (χ4v) is 4.33. The summed E-state index contributed by atoms with van der Waals surface area (Å²) < 4.78 is 1.10. The molecule has 25 heavy (non-hydrogen) atoms. The molecule has 0 unspecified atom stereocenters. The van der Waals surface area contributed by atoms with Crippen LogP contribution >= 0.6 is 11.3 Å². The molecule has 6 heteroatoms. The van der Waals surface area contributed by atoms with Crippen LogP contribution in [0.5, 0.6) is 5.75 Å². The Bertz CT molecular complexity index is 908. The first kappa shape index (κ1) is 16.3. The summed E-state index contributed by atoms with van der Waals surface area (Å²) in [6.45, 7) is 4.14. The summed E-state index contributed by atoms with van der Waals surface area (Å²) in [4.78, 5) is 2.35. The minimum Gasteiger partial charge on any atom is -0.507 e. The molecule has 0 radical (unpaired) electrons. The summed E-state index contributed by atoms with van der Waals surface area (Å²) >= 11 is 1.66. The van der Waals surface area contributed by atoms with Crippen molar-refractivity contribution >= 4 is 27.2 Å². The molecule has 1 fully saturated rings. The van der Waals surface area contributed by atoms with Gasteiger partial charge in [0, 0.05) is 23.5 Å². The maximum atomic E-state index is 10.3. The minimum atomic E-state index is 0.247. The number of piperidine rings is 1. The summed E-state index contributed by atoms with van der Waals surface area (Å²) in [6.07, 6.45) is 2.35. The lowest BCUT2D eigenvalue weighted by Gasteiger charge is -2.30. The number of nitrogens with one attached hydrogen (secondary N) is 1. The van der Waals surface area contributed by atoms with Gasteiger partial charge >= 0.3 is 0 Å². The van der Waals surface area contributed by atoms with Crippen LogP contribution in [0.2, 0.25) is 0 Å². The molecule has 0 spiro atoms. The van der Waals surface area contributed by atoms with Crippen molar-refractivity contribution in [2.45, 2.75) is 25.8 Å². The Morgan fingerprint density at radius 3 is 2.96 bits per heavy atom. The molecule has 1 atom stereocenters. The highest BCUT2D eigenvalue weighted by Crippen LogP contribution is 2.37. The van der Waals surface area contributed by atoms with Gasteiger partial charge in [0.1, 0.15) is 11.4 Å². The number of rotatable bonds is 3. The van der Waals surface area contributed by atoms with E-state index in [0.717, 1.165) is 52.2 Å². The van der Waals surface area contributed by atoms with Gasteiger partial charge in [-0.25, -0.2) is 0 Å². The van der Waals surface area contributed by atoms with Gasteiger partial charge in [0.05, 0.1) is 4.70 Å². The normalized spacial score (nSPS) is 18.6. The van der Waals surface area contributed by atoms with E-state index in [-0.39, 0.29) is 5.75 Å². The Balaban J connectivity index is 1.71. The van der Waals surface area contributed by atoms with Crippen LogP contribution in [0.3, 0.4) is 0 Å². The predicted molar refractivity (Wildman–Crippen MR) is 103 cm³/mol. The van der Waals surface area contributed by atoms with Crippen molar-refractivity contribution in [3.05, 3.63) is 35.2 Å². The molecule has 130 valence electrons. The van der Waals surface area contributed by atoms with Crippen LogP contribution < -0.4 is 5.32 Å². The molecule has 3 aromatic rings. The second-order valence-corrected chi connectivity index (χ2v) is 7.74. The third-order valence-corrected chi connectivity index (χ3v) is 5.68. The number of nitrogens with zero attached hydrogens (tertiary/aromatic N) is 3. The van der Waals surface area contributed by atoms with Crippen molar-refractivity contribution < 1.29 is 5.11 Å². The number of likely N-dealkylation sites (tertiary alicyclic amines) is 1. The van der Waals surface area contributed by atoms with Crippen LogP contribution in [-0.2, 0) is 0 Å². The lowest BCUT2D eigenvalue weighted by Crippen LogP contribution is -2.39. The van der Waals surface area contributed by atoms with Crippen LogP contribution in [0, 0.1) is 6.92 Å². The Kier molecular flexibility index (Phi) is 4.31. The van der Waals surface area contributed by atoms with Crippen LogP contribution in [0.1, 0.15) is 18.4 Å². The number of aryl methyl sites for hydroxylation is 1. The number of fused-ring (bicyclic) bond motifs is 1. The summed E-state index contributed by atoms with van der Waals surface area (Å²) in [6, 6.07) is 8.12. The van der Waals surface area contributed by atoms with Gasteiger partial charge in [0.2, 0.25) is 0 Å². The smallest absolute Gasteiger partial charge is 0.166 e. The molecule has 2 aromatic heterocycles. The van der Waals surface area contributed by atoms with Crippen molar-refractivity contribution in [3.8, 4) is 17.0 Å². The molecule has 1 aliphatic rings. The van der Waals surface area contributed by atoms with Gasteiger partial charge in [-0.1, -0.05) is 6.07 Å². The SMILES string of the molecule is Cc1ccc(-c2nnc(N[C@@H]3CCCN(C)C3)c3sccc23)c(O)c1. The van der Waals surface area contributed by atoms with E-state index in [9.17, 15) is 5.11 Å². The number of aromatic hydroxyl groups is 1. The second kappa shape index (κ2) is 6.61. The Hall–Kier alpha value is -2.18. The van der Waals surface area contributed by atoms with Crippen molar-refractivity contribution in [2.24, 2.45) is 0 Å². The zero-order valence-corrected chi connectivity index (χ0v) is 15.3. The van der Waals surface area contributed by atoms with E-state index in [0.29, 0.717) is 6.04 Å². The van der Waals surface area contributed by atoms with E-state index in [1.807, 2.05) is 19.1 Å². The minimum absolute atomic E-state index is 0.247. The number of hydrogen-bond donors (Lipinski definition) is 2. The molecule has 1 aliphatic heterocycles. The number of phenolic OH excluding ortho intramolecular Hbond substituents is 1. The molecular formula is C19H22N4OS. The lowest BCUT2D eigenvalue weighted by atomic mass is 10.0. The first-order valence-electron chi connectivity index (χ1n) is 8.61. The van der Waals surface area contributed by atoms with Crippen LogP contribution in [-0.4, -0.2) is 46.4 Å². The van der Waals surface area contributed by atoms with Crippen LogP contribution in [0.4, 0.5) is 5.82 Å². The molecule has 2 N–H and O–H groups in total. The number of hydrogen-bond acceptors (Lipinski definition) is 6. The first-order chi connectivity index (χ1) is 12.1. The zero-order valence-electron chi connectivity index (χ0n) is 14.5. The average molecular weight is 354 g/mol. The fraction of sp³-hybridized carbons (Fsp3) is 0.368. The highest BCUT2D eigenvalue weighted by molar-refractivity contribution is 7.17. The highest BCUT2D eigenvalue weighted by atomic mass is 32.1. The molecular weight excluding hydrogens is 332 g/mol. The third kappa shape index (κ3) is 3.19. The number of likely N-dealkylation sites (N-methyl/N-ethyl adjacent to an activating group) is 1. The molecule has 4 rings (SSSR count). The quantitative estimate of drug-likeness (QED) is 0.747. The number of phenols is 1. The van der Waals surface area contributed by atoms with E-state index in [2.05, 4.69) is 38.9 Å². The van der Waals surface area contributed by atoms with E-state index in [4.69, 9.17) is 0 Å². The first-order valence-corrected chi connectivity index (χ1v) is 9.49. The molecule has 0 amide bonds. The summed E-state index contributed by atoms with van der Waals surface area (Å²) in [7, 11) is 2.16. The van der Waals surface area contributed by atoms with Gasteiger partial charge in [0.15, 0.2) is 5.82 Å². The average Bonchev–Trinajstić information content (AvgIpc) is 3.06. The van der Waals surface area contributed by atoms with E-state index < -0.39 is 0 Å². The Morgan fingerprint density at radius 1 is 1.28 bits per heavy atom. The monoisotopic (exact) mass is 354 g/mol. The van der Waals surface area contributed by atoms with Gasteiger partial charge in [-0.05, 0) is 62.5 Å².